The minimum Gasteiger partial charge on any atom is -0.356 e. The van der Waals surface area contributed by atoms with Crippen LogP contribution in [0.25, 0.3) is 0 Å². The maximum atomic E-state index is 12.0. The number of amides is 1. The van der Waals surface area contributed by atoms with E-state index in [4.69, 9.17) is 0 Å². The number of aryl methyl sites for hydroxylation is 1. The number of para-hydroxylation sites is 1. The Bertz CT molecular complexity index is 712. The Hall–Kier alpha value is -1.56. The van der Waals surface area contributed by atoms with Crippen molar-refractivity contribution in [3.63, 3.8) is 0 Å². The summed E-state index contributed by atoms with van der Waals surface area (Å²) in [5, 5.41) is 2.84. The van der Waals surface area contributed by atoms with Crippen LogP contribution in [0.5, 0.6) is 0 Å². The lowest BCUT2D eigenvalue weighted by atomic mass is 9.95. The molecule has 1 amide bonds. The molecule has 3 rings (SSSR count). The normalized spacial score (nSPS) is 26.9. The molecule has 22 heavy (non-hydrogen) atoms. The predicted molar refractivity (Wildman–Crippen MR) is 87.0 cm³/mol. The van der Waals surface area contributed by atoms with Crippen LogP contribution in [0.2, 0.25) is 0 Å². The average Bonchev–Trinajstić information content (AvgIpc) is 2.71. The highest BCUT2D eigenvalue weighted by atomic mass is 32.2. The molecule has 5 nitrogen and oxygen atoms in total. The number of rotatable bonds is 2. The monoisotopic (exact) mass is 322 g/mol. The standard InChI is InChI=1S/C16H22N2O3S/c1-10(2)12-6-4-5-11(3)16(12)18-7-15(19)17-13-8-22(20,21)9-14(13)18/h4-6,10,13-14H,7-9H2,1-3H3,(H,17,19)/t13-,14+/m1/s1. The Morgan fingerprint density at radius 1 is 1.27 bits per heavy atom. The molecule has 2 heterocycles. The Morgan fingerprint density at radius 3 is 2.68 bits per heavy atom. The van der Waals surface area contributed by atoms with Gasteiger partial charge in [0.15, 0.2) is 9.84 Å². The van der Waals surface area contributed by atoms with Gasteiger partial charge in [-0.3, -0.25) is 4.79 Å². The largest absolute Gasteiger partial charge is 0.356 e. The molecule has 0 spiro atoms. The van der Waals surface area contributed by atoms with E-state index in [-0.39, 0.29) is 36.0 Å². The third-order valence-electron chi connectivity index (χ3n) is 4.56. The maximum Gasteiger partial charge on any atom is 0.239 e. The molecular weight excluding hydrogens is 300 g/mol. The van der Waals surface area contributed by atoms with Gasteiger partial charge in [-0.1, -0.05) is 32.0 Å². The van der Waals surface area contributed by atoms with Gasteiger partial charge in [0, 0.05) is 5.69 Å². The molecule has 2 aliphatic heterocycles. The molecule has 2 aliphatic rings. The second kappa shape index (κ2) is 5.26. The van der Waals surface area contributed by atoms with E-state index >= 15 is 0 Å². The van der Waals surface area contributed by atoms with Crippen LogP contribution in [0.1, 0.15) is 30.9 Å². The summed E-state index contributed by atoms with van der Waals surface area (Å²) in [6, 6.07) is 5.64. The van der Waals surface area contributed by atoms with Gasteiger partial charge in [-0.05, 0) is 24.0 Å². The number of sulfone groups is 1. The lowest BCUT2D eigenvalue weighted by molar-refractivity contribution is -0.121. The molecule has 1 aromatic rings. The number of carbonyl (C=O) groups excluding carboxylic acids is 1. The van der Waals surface area contributed by atoms with E-state index < -0.39 is 9.84 Å². The minimum absolute atomic E-state index is 0.0444. The third-order valence-corrected chi connectivity index (χ3v) is 6.28. The van der Waals surface area contributed by atoms with Crippen LogP contribution in [0.4, 0.5) is 5.69 Å². The van der Waals surface area contributed by atoms with Gasteiger partial charge in [-0.2, -0.15) is 0 Å². The fraction of sp³-hybridized carbons (Fsp3) is 0.562. The second-order valence-corrected chi connectivity index (χ2v) is 8.77. The SMILES string of the molecule is Cc1cccc(C(C)C)c1N1CC(=O)N[C@@H]2CS(=O)(=O)C[C@@H]21. The van der Waals surface area contributed by atoms with Crippen LogP contribution in [0.3, 0.4) is 0 Å². The molecule has 0 aliphatic carbocycles. The zero-order chi connectivity index (χ0) is 16.1. The van der Waals surface area contributed by atoms with Gasteiger partial charge in [-0.15, -0.1) is 0 Å². The zero-order valence-electron chi connectivity index (χ0n) is 13.2. The number of nitrogens with one attached hydrogen (secondary N) is 1. The van der Waals surface area contributed by atoms with Crippen molar-refractivity contribution in [2.45, 2.75) is 38.8 Å². The summed E-state index contributed by atoms with van der Waals surface area (Å²) in [5.41, 5.74) is 3.28. The van der Waals surface area contributed by atoms with E-state index in [1.54, 1.807) is 0 Å². The first-order valence-electron chi connectivity index (χ1n) is 7.64. The van der Waals surface area contributed by atoms with E-state index in [1.165, 1.54) is 0 Å². The van der Waals surface area contributed by atoms with Gasteiger partial charge >= 0.3 is 0 Å². The van der Waals surface area contributed by atoms with E-state index in [2.05, 4.69) is 25.2 Å². The van der Waals surface area contributed by atoms with Gasteiger partial charge in [0.2, 0.25) is 5.91 Å². The summed E-state index contributed by atoms with van der Waals surface area (Å²) in [5.74, 6) is 0.375. The van der Waals surface area contributed by atoms with Crippen molar-refractivity contribution in [3.05, 3.63) is 29.3 Å². The highest BCUT2D eigenvalue weighted by molar-refractivity contribution is 7.91. The zero-order valence-corrected chi connectivity index (χ0v) is 14.0. The average molecular weight is 322 g/mol. The quantitative estimate of drug-likeness (QED) is 0.889. The summed E-state index contributed by atoms with van der Waals surface area (Å²) < 4.78 is 24.0. The van der Waals surface area contributed by atoms with Crippen LogP contribution in [-0.4, -0.2) is 44.5 Å². The lowest BCUT2D eigenvalue weighted by Gasteiger charge is -2.40. The smallest absolute Gasteiger partial charge is 0.239 e. The first kappa shape index (κ1) is 15.3. The first-order valence-corrected chi connectivity index (χ1v) is 9.46. The molecule has 2 saturated heterocycles. The van der Waals surface area contributed by atoms with E-state index in [9.17, 15) is 13.2 Å². The molecule has 2 fully saturated rings. The van der Waals surface area contributed by atoms with Gasteiger partial charge in [-0.25, -0.2) is 8.42 Å². The summed E-state index contributed by atoms with van der Waals surface area (Å²) >= 11 is 0. The topological polar surface area (TPSA) is 66.5 Å². The van der Waals surface area contributed by atoms with E-state index in [0.29, 0.717) is 5.92 Å². The predicted octanol–water partition coefficient (Wildman–Crippen LogP) is 1.22. The van der Waals surface area contributed by atoms with Crippen LogP contribution >= 0.6 is 0 Å². The number of piperazine rings is 1. The maximum absolute atomic E-state index is 12.0. The third kappa shape index (κ3) is 2.60. The van der Waals surface area contributed by atoms with Crippen molar-refractivity contribution < 1.29 is 13.2 Å². The summed E-state index contributed by atoms with van der Waals surface area (Å²) in [7, 11) is -3.10. The van der Waals surface area contributed by atoms with Gasteiger partial charge in [0.05, 0.1) is 30.1 Å². The molecule has 0 unspecified atom stereocenters. The molecule has 6 heteroatoms. The number of benzene rings is 1. The number of anilines is 1. The van der Waals surface area contributed by atoms with E-state index in [0.717, 1.165) is 16.8 Å². The number of nitrogens with zero attached hydrogens (tertiary/aromatic N) is 1. The highest BCUT2D eigenvalue weighted by Crippen LogP contribution is 2.35. The Labute approximate surface area is 131 Å². The van der Waals surface area contributed by atoms with Crippen molar-refractivity contribution in [1.29, 1.82) is 0 Å². The minimum atomic E-state index is -3.10. The molecular formula is C16H22N2O3S. The van der Waals surface area contributed by atoms with Crippen LogP contribution in [-0.2, 0) is 14.6 Å². The van der Waals surface area contributed by atoms with Gasteiger partial charge < -0.3 is 10.2 Å². The molecule has 0 aromatic heterocycles. The van der Waals surface area contributed by atoms with Crippen LogP contribution in [0.15, 0.2) is 18.2 Å². The number of hydrogen-bond acceptors (Lipinski definition) is 4. The Balaban J connectivity index is 2.09. The van der Waals surface area contributed by atoms with Crippen LogP contribution in [0, 0.1) is 6.92 Å². The summed E-state index contributed by atoms with van der Waals surface area (Å²) in [6.45, 7) is 6.48. The van der Waals surface area contributed by atoms with Crippen LogP contribution < -0.4 is 10.2 Å². The number of hydrogen-bond donors (Lipinski definition) is 1. The molecule has 2 atom stereocenters. The lowest BCUT2D eigenvalue weighted by Crippen LogP contribution is -2.60. The van der Waals surface area contributed by atoms with Crippen molar-refractivity contribution >= 4 is 21.4 Å². The highest BCUT2D eigenvalue weighted by Gasteiger charge is 2.46. The Kier molecular flexibility index (Phi) is 3.67. The molecule has 1 aromatic carbocycles. The van der Waals surface area contributed by atoms with Crippen molar-refractivity contribution in [2.75, 3.05) is 23.0 Å². The van der Waals surface area contributed by atoms with Crippen molar-refractivity contribution in [3.8, 4) is 0 Å². The molecule has 0 radical (unpaired) electrons. The molecule has 120 valence electrons. The second-order valence-electron chi connectivity index (χ2n) is 6.61. The van der Waals surface area contributed by atoms with Gasteiger partial charge in [0.1, 0.15) is 0 Å². The fourth-order valence-corrected chi connectivity index (χ4v) is 5.50. The molecule has 0 saturated carbocycles. The van der Waals surface area contributed by atoms with E-state index in [1.807, 2.05) is 24.0 Å². The number of carbonyl (C=O) groups is 1. The van der Waals surface area contributed by atoms with Crippen molar-refractivity contribution in [2.24, 2.45) is 0 Å². The molecule has 0 bridgehead atoms. The fourth-order valence-electron chi connectivity index (χ4n) is 3.58. The Morgan fingerprint density at radius 2 is 2.00 bits per heavy atom. The van der Waals surface area contributed by atoms with Gasteiger partial charge in [0.25, 0.3) is 0 Å². The molecule has 1 N–H and O–H groups in total. The first-order chi connectivity index (χ1) is 10.3. The summed E-state index contributed by atoms with van der Waals surface area (Å²) in [6.07, 6.45) is 0. The summed E-state index contributed by atoms with van der Waals surface area (Å²) in [4.78, 5) is 14.1. The van der Waals surface area contributed by atoms with Crippen molar-refractivity contribution in [1.82, 2.24) is 5.32 Å². The number of fused-ring (bicyclic) bond motifs is 1.